The van der Waals surface area contributed by atoms with Crippen LogP contribution in [0.1, 0.15) is 20.4 Å². The Morgan fingerprint density at radius 2 is 1.97 bits per heavy atom. The molecule has 1 aliphatic heterocycles. The van der Waals surface area contributed by atoms with Crippen LogP contribution in [0.2, 0.25) is 4.34 Å². The first kappa shape index (κ1) is 24.1. The highest BCUT2D eigenvalue weighted by Crippen LogP contribution is 2.26. The lowest BCUT2D eigenvalue weighted by molar-refractivity contribution is -0.136. The van der Waals surface area contributed by atoms with E-state index in [2.05, 4.69) is 25.8 Å². The van der Waals surface area contributed by atoms with Crippen LogP contribution in [0.15, 0.2) is 12.1 Å². The minimum atomic E-state index is -1.06. The third-order valence-electron chi connectivity index (χ3n) is 4.64. The van der Waals surface area contributed by atoms with E-state index >= 15 is 0 Å². The second-order valence-corrected chi connectivity index (χ2v) is 10.2. The van der Waals surface area contributed by atoms with Gasteiger partial charge in [-0.1, -0.05) is 11.6 Å². The van der Waals surface area contributed by atoms with Gasteiger partial charge < -0.3 is 25.8 Å². The van der Waals surface area contributed by atoms with E-state index in [0.717, 1.165) is 34.9 Å². The van der Waals surface area contributed by atoms with Gasteiger partial charge in [0, 0.05) is 38.6 Å². The number of carbonyl (C=O) groups is 4. The molecule has 4 amide bonds. The van der Waals surface area contributed by atoms with E-state index in [9.17, 15) is 19.2 Å². The highest BCUT2D eigenvalue weighted by atomic mass is 35.5. The van der Waals surface area contributed by atoms with Crippen molar-refractivity contribution in [3.8, 4) is 0 Å². The van der Waals surface area contributed by atoms with E-state index in [1.54, 1.807) is 12.1 Å². The van der Waals surface area contributed by atoms with Gasteiger partial charge in [0.2, 0.25) is 5.91 Å². The zero-order valence-corrected chi connectivity index (χ0v) is 20.1. The number of halogens is 1. The molecule has 10 nitrogen and oxygen atoms in total. The summed E-state index contributed by atoms with van der Waals surface area (Å²) in [5.74, 6) is -2.76. The smallest absolute Gasteiger partial charge is 0.314 e. The fourth-order valence-corrected chi connectivity index (χ4v) is 4.88. The average Bonchev–Trinajstić information content (AvgIpc) is 3.35. The van der Waals surface area contributed by atoms with Gasteiger partial charge in [0.05, 0.1) is 15.0 Å². The lowest BCUT2D eigenvalue weighted by atomic mass is 10.2. The Balaban J connectivity index is 1.62. The molecule has 3 rings (SSSR count). The normalized spacial score (nSPS) is 14.2. The summed E-state index contributed by atoms with van der Waals surface area (Å²) in [6.07, 6.45) is 0.817. The van der Waals surface area contributed by atoms with Crippen LogP contribution >= 0.6 is 34.3 Å². The van der Waals surface area contributed by atoms with Crippen molar-refractivity contribution in [1.82, 2.24) is 25.4 Å². The number of nitrogens with one attached hydrogen (secondary N) is 3. The van der Waals surface area contributed by atoms with Gasteiger partial charge in [-0.25, -0.2) is 4.98 Å². The summed E-state index contributed by atoms with van der Waals surface area (Å²) < 4.78 is 0.468. The molecule has 0 spiro atoms. The molecule has 13 heteroatoms. The molecule has 3 N–H and O–H groups in total. The molecule has 1 atom stereocenters. The minimum absolute atomic E-state index is 0.256. The van der Waals surface area contributed by atoms with Crippen molar-refractivity contribution in [1.29, 1.82) is 0 Å². The predicted molar refractivity (Wildman–Crippen MR) is 123 cm³/mol. The molecule has 2 aromatic rings. The van der Waals surface area contributed by atoms with Crippen LogP contribution in [0.4, 0.5) is 5.00 Å². The maximum atomic E-state index is 12.8. The van der Waals surface area contributed by atoms with Gasteiger partial charge in [0.15, 0.2) is 5.01 Å². The number of fused-ring (bicyclic) bond motifs is 1. The SMILES string of the molecule is CN1CCc2sc(C(=O)N[C@@H](CNC(=O)C(=O)Nc3ccc(Cl)s3)C(=O)N(C)C)nc2C1. The number of nitrogens with zero attached hydrogens (tertiary/aromatic N) is 3. The number of aromatic nitrogens is 1. The summed E-state index contributed by atoms with van der Waals surface area (Å²) >= 11 is 8.22. The number of likely N-dealkylation sites (N-methyl/N-ethyl adjacent to an activating group) is 2. The number of amides is 4. The van der Waals surface area contributed by atoms with Crippen molar-refractivity contribution in [2.24, 2.45) is 0 Å². The second-order valence-electron chi connectivity index (χ2n) is 7.40. The molecule has 0 saturated carbocycles. The number of thiophene rings is 1. The standard InChI is InChI=1S/C19H23ClN6O4S2/c1-25(2)19(30)10(8-21-15(27)16(28)24-14-5-4-13(20)32-14)22-17(29)18-23-11-9-26(3)7-6-12(11)31-18/h4-5,10H,6-9H2,1-3H3,(H,21,27)(H,22,29)(H,24,28)/t10-/m0/s1. The van der Waals surface area contributed by atoms with Crippen molar-refractivity contribution >= 4 is 62.9 Å². The van der Waals surface area contributed by atoms with Gasteiger partial charge >= 0.3 is 11.8 Å². The summed E-state index contributed by atoms with van der Waals surface area (Å²) in [5, 5.41) is 8.12. The van der Waals surface area contributed by atoms with Crippen LogP contribution in [-0.2, 0) is 27.3 Å². The second kappa shape index (κ2) is 10.4. The first-order valence-electron chi connectivity index (χ1n) is 9.67. The first-order valence-corrected chi connectivity index (χ1v) is 11.7. The Morgan fingerprint density at radius 1 is 1.22 bits per heavy atom. The fourth-order valence-electron chi connectivity index (χ4n) is 2.98. The highest BCUT2D eigenvalue weighted by Gasteiger charge is 2.28. The molecular weight excluding hydrogens is 476 g/mol. The van der Waals surface area contributed by atoms with Gasteiger partial charge in [-0.3, -0.25) is 19.2 Å². The van der Waals surface area contributed by atoms with Crippen molar-refractivity contribution in [3.63, 3.8) is 0 Å². The molecule has 3 heterocycles. The highest BCUT2D eigenvalue weighted by molar-refractivity contribution is 7.20. The Hall–Kier alpha value is -2.54. The van der Waals surface area contributed by atoms with Crippen molar-refractivity contribution < 1.29 is 19.2 Å². The van der Waals surface area contributed by atoms with Gasteiger partial charge in [0.25, 0.3) is 5.91 Å². The van der Waals surface area contributed by atoms with Crippen LogP contribution in [0.5, 0.6) is 0 Å². The van der Waals surface area contributed by atoms with Gasteiger partial charge in [0.1, 0.15) is 6.04 Å². The van der Waals surface area contributed by atoms with Gasteiger partial charge in [-0.15, -0.1) is 22.7 Å². The molecular formula is C19H23ClN6O4S2. The van der Waals surface area contributed by atoms with Crippen molar-refractivity contribution in [2.45, 2.75) is 19.0 Å². The topological polar surface area (TPSA) is 124 Å². The third-order valence-corrected chi connectivity index (χ3v) is 6.94. The van der Waals surface area contributed by atoms with Crippen molar-refractivity contribution in [2.75, 3.05) is 39.5 Å². The summed E-state index contributed by atoms with van der Waals surface area (Å²) in [6, 6.07) is 2.10. The van der Waals surface area contributed by atoms with Crippen LogP contribution in [-0.4, -0.2) is 78.7 Å². The molecule has 1 aliphatic rings. The number of hydrogen-bond donors (Lipinski definition) is 3. The van der Waals surface area contributed by atoms with E-state index in [0.29, 0.717) is 15.9 Å². The lowest BCUT2D eigenvalue weighted by Crippen LogP contribution is -2.53. The maximum absolute atomic E-state index is 12.8. The lowest BCUT2D eigenvalue weighted by Gasteiger charge is -2.21. The molecule has 172 valence electrons. The molecule has 0 unspecified atom stereocenters. The molecule has 0 radical (unpaired) electrons. The van der Waals surface area contributed by atoms with E-state index in [4.69, 9.17) is 11.6 Å². The number of anilines is 1. The van der Waals surface area contributed by atoms with Gasteiger partial charge in [-0.05, 0) is 25.6 Å². The number of carbonyl (C=O) groups excluding carboxylic acids is 4. The van der Waals surface area contributed by atoms with E-state index in [1.807, 2.05) is 7.05 Å². The van der Waals surface area contributed by atoms with Crippen molar-refractivity contribution in [3.05, 3.63) is 32.0 Å². The molecule has 2 aromatic heterocycles. The molecule has 0 bridgehead atoms. The largest absolute Gasteiger partial charge is 0.347 e. The predicted octanol–water partition coefficient (Wildman–Crippen LogP) is 0.787. The summed E-state index contributed by atoms with van der Waals surface area (Å²) in [7, 11) is 5.06. The monoisotopic (exact) mass is 498 g/mol. The molecule has 0 saturated heterocycles. The minimum Gasteiger partial charge on any atom is -0.347 e. The molecule has 0 aromatic carbocycles. The number of thiazole rings is 1. The van der Waals surface area contributed by atoms with Gasteiger partial charge in [-0.2, -0.15) is 0 Å². The summed E-state index contributed by atoms with van der Waals surface area (Å²) in [6.45, 7) is 1.30. The Kier molecular flexibility index (Phi) is 7.82. The third kappa shape index (κ3) is 6.03. The Morgan fingerprint density at radius 3 is 2.62 bits per heavy atom. The quantitative estimate of drug-likeness (QED) is 0.506. The van der Waals surface area contributed by atoms with Crippen LogP contribution < -0.4 is 16.0 Å². The Labute approximate surface area is 197 Å². The molecule has 0 fully saturated rings. The zero-order chi connectivity index (χ0) is 23.4. The number of rotatable bonds is 6. The summed E-state index contributed by atoms with van der Waals surface area (Å²) in [4.78, 5) is 58.4. The zero-order valence-electron chi connectivity index (χ0n) is 17.7. The summed E-state index contributed by atoms with van der Waals surface area (Å²) in [5.41, 5.74) is 0.864. The van der Waals surface area contributed by atoms with Crippen LogP contribution in [0.3, 0.4) is 0 Å². The average molecular weight is 499 g/mol. The molecule has 0 aliphatic carbocycles. The molecule has 32 heavy (non-hydrogen) atoms. The number of hydrogen-bond acceptors (Lipinski definition) is 8. The van der Waals surface area contributed by atoms with E-state index in [-0.39, 0.29) is 11.6 Å². The van der Waals surface area contributed by atoms with Crippen LogP contribution in [0.25, 0.3) is 0 Å². The fraction of sp³-hybridized carbons (Fsp3) is 0.421. The Bertz CT molecular complexity index is 1040. The maximum Gasteiger partial charge on any atom is 0.314 e. The van der Waals surface area contributed by atoms with Crippen LogP contribution in [0, 0.1) is 0 Å². The van der Waals surface area contributed by atoms with E-state index in [1.165, 1.54) is 30.3 Å². The van der Waals surface area contributed by atoms with E-state index < -0.39 is 29.7 Å². The first-order chi connectivity index (χ1) is 15.1.